The molecule has 0 spiro atoms. The Hall–Kier alpha value is -1.43. The number of aryl methyl sites for hydroxylation is 1. The predicted octanol–water partition coefficient (Wildman–Crippen LogP) is 2.55. The molecule has 0 saturated heterocycles. The lowest BCUT2D eigenvalue weighted by Gasteiger charge is -2.26. The molecule has 0 aromatic carbocycles. The van der Waals surface area contributed by atoms with E-state index in [-0.39, 0.29) is 11.8 Å². The zero-order valence-electron chi connectivity index (χ0n) is 12.8. The second-order valence-electron chi connectivity index (χ2n) is 5.97. The number of ether oxygens (including phenoxy) is 1. The Balaban J connectivity index is 2.77. The highest BCUT2D eigenvalue weighted by molar-refractivity contribution is 7.13. The number of esters is 1. The molecular formula is C14H22N2O3S. The topological polar surface area (TPSA) is 68.3 Å². The third-order valence-corrected chi connectivity index (χ3v) is 3.37. The van der Waals surface area contributed by atoms with E-state index in [9.17, 15) is 9.59 Å². The van der Waals surface area contributed by atoms with Crippen LogP contribution >= 0.6 is 11.3 Å². The van der Waals surface area contributed by atoms with Crippen molar-refractivity contribution >= 4 is 23.2 Å². The highest BCUT2D eigenvalue weighted by Crippen LogP contribution is 2.15. The molecule has 1 aromatic rings. The molecule has 1 N–H and O–H groups in total. The Morgan fingerprint density at radius 3 is 2.35 bits per heavy atom. The molecule has 0 fully saturated rings. The second-order valence-corrected chi connectivity index (χ2v) is 7.21. The van der Waals surface area contributed by atoms with Gasteiger partial charge in [0.05, 0.1) is 11.2 Å². The van der Waals surface area contributed by atoms with Crippen molar-refractivity contribution in [2.45, 2.75) is 53.2 Å². The quantitative estimate of drug-likeness (QED) is 0.867. The van der Waals surface area contributed by atoms with Gasteiger partial charge in [-0.25, -0.2) is 9.78 Å². The van der Waals surface area contributed by atoms with Crippen molar-refractivity contribution in [3.8, 4) is 0 Å². The van der Waals surface area contributed by atoms with Gasteiger partial charge in [-0.15, -0.1) is 11.3 Å². The Kier molecular flexibility index (Phi) is 5.28. The normalized spacial score (nSPS) is 13.2. The maximum atomic E-state index is 12.1. The van der Waals surface area contributed by atoms with Gasteiger partial charge in [-0.1, -0.05) is 13.8 Å². The molecule has 1 heterocycles. The molecule has 0 saturated carbocycles. The van der Waals surface area contributed by atoms with Gasteiger partial charge in [0.2, 0.25) is 0 Å². The van der Waals surface area contributed by atoms with E-state index in [2.05, 4.69) is 10.3 Å². The summed E-state index contributed by atoms with van der Waals surface area (Å²) in [6.45, 7) is 11.0. The summed E-state index contributed by atoms with van der Waals surface area (Å²) in [4.78, 5) is 28.8. The van der Waals surface area contributed by atoms with Crippen LogP contribution in [0.2, 0.25) is 0 Å². The summed E-state index contributed by atoms with van der Waals surface area (Å²) in [7, 11) is 0. The molecule has 1 aromatic heterocycles. The summed E-state index contributed by atoms with van der Waals surface area (Å²) in [6.07, 6.45) is 1.52. The Morgan fingerprint density at radius 2 is 1.95 bits per heavy atom. The van der Waals surface area contributed by atoms with Gasteiger partial charge < -0.3 is 10.1 Å². The fraction of sp³-hybridized carbons (Fsp3) is 0.643. The fourth-order valence-corrected chi connectivity index (χ4v) is 2.22. The van der Waals surface area contributed by atoms with Crippen LogP contribution in [-0.2, 0) is 9.53 Å². The van der Waals surface area contributed by atoms with Gasteiger partial charge in [0, 0.05) is 0 Å². The van der Waals surface area contributed by atoms with Crippen LogP contribution in [0.15, 0.2) is 6.20 Å². The van der Waals surface area contributed by atoms with Gasteiger partial charge in [-0.3, -0.25) is 4.79 Å². The molecule has 0 unspecified atom stereocenters. The fourth-order valence-electron chi connectivity index (χ4n) is 1.54. The molecule has 1 atom stereocenters. The molecule has 0 radical (unpaired) electrons. The largest absolute Gasteiger partial charge is 0.458 e. The van der Waals surface area contributed by atoms with Gasteiger partial charge in [-0.2, -0.15) is 0 Å². The summed E-state index contributed by atoms with van der Waals surface area (Å²) >= 11 is 1.30. The van der Waals surface area contributed by atoms with E-state index < -0.39 is 17.6 Å². The number of carbonyl (C=O) groups excluding carboxylic acids is 2. The van der Waals surface area contributed by atoms with Gasteiger partial charge in [-0.05, 0) is 33.6 Å². The van der Waals surface area contributed by atoms with Crippen LogP contribution < -0.4 is 5.32 Å². The summed E-state index contributed by atoms with van der Waals surface area (Å²) < 4.78 is 5.34. The SMILES string of the molecule is Cc1ncc(C(=O)N[C@@H](C(=O)OC(C)(C)C)C(C)C)s1. The van der Waals surface area contributed by atoms with Gasteiger partial charge in [0.25, 0.3) is 5.91 Å². The van der Waals surface area contributed by atoms with Crippen molar-refractivity contribution in [2.75, 3.05) is 0 Å². The molecule has 0 aliphatic heterocycles. The van der Waals surface area contributed by atoms with E-state index in [1.165, 1.54) is 17.5 Å². The maximum absolute atomic E-state index is 12.1. The van der Waals surface area contributed by atoms with E-state index >= 15 is 0 Å². The zero-order valence-corrected chi connectivity index (χ0v) is 13.6. The van der Waals surface area contributed by atoms with Crippen molar-refractivity contribution < 1.29 is 14.3 Å². The van der Waals surface area contributed by atoms with Crippen LogP contribution in [0.4, 0.5) is 0 Å². The number of rotatable bonds is 4. The predicted molar refractivity (Wildman–Crippen MR) is 78.8 cm³/mol. The molecule has 0 bridgehead atoms. The molecule has 112 valence electrons. The first kappa shape index (κ1) is 16.6. The summed E-state index contributed by atoms with van der Waals surface area (Å²) in [5, 5.41) is 3.54. The molecule has 1 rings (SSSR count). The molecule has 6 heteroatoms. The highest BCUT2D eigenvalue weighted by atomic mass is 32.1. The monoisotopic (exact) mass is 298 g/mol. The number of carbonyl (C=O) groups is 2. The zero-order chi connectivity index (χ0) is 15.5. The van der Waals surface area contributed by atoms with Gasteiger partial charge in [0.15, 0.2) is 0 Å². The van der Waals surface area contributed by atoms with Crippen LogP contribution in [0.3, 0.4) is 0 Å². The van der Waals surface area contributed by atoms with Crippen molar-refractivity contribution in [1.82, 2.24) is 10.3 Å². The number of thiazole rings is 1. The summed E-state index contributed by atoms with van der Waals surface area (Å²) in [5.41, 5.74) is -0.573. The lowest BCUT2D eigenvalue weighted by atomic mass is 10.0. The third kappa shape index (κ3) is 4.92. The minimum absolute atomic E-state index is 0.0529. The van der Waals surface area contributed by atoms with Crippen molar-refractivity contribution in [3.63, 3.8) is 0 Å². The highest BCUT2D eigenvalue weighted by Gasteiger charge is 2.29. The van der Waals surface area contributed by atoms with Crippen LogP contribution in [0.5, 0.6) is 0 Å². The Bertz CT molecular complexity index is 489. The Labute approximate surface area is 123 Å². The van der Waals surface area contributed by atoms with Crippen molar-refractivity contribution in [3.05, 3.63) is 16.1 Å². The number of hydrogen-bond acceptors (Lipinski definition) is 5. The first-order valence-corrected chi connectivity index (χ1v) is 7.38. The summed E-state index contributed by atoms with van der Waals surface area (Å²) in [6, 6.07) is -0.663. The number of aromatic nitrogens is 1. The third-order valence-electron chi connectivity index (χ3n) is 2.46. The number of amides is 1. The van der Waals surface area contributed by atoms with E-state index in [0.29, 0.717) is 4.88 Å². The van der Waals surface area contributed by atoms with Crippen molar-refractivity contribution in [1.29, 1.82) is 0 Å². The number of nitrogens with zero attached hydrogens (tertiary/aromatic N) is 1. The average Bonchev–Trinajstić information content (AvgIpc) is 2.69. The van der Waals surface area contributed by atoms with E-state index in [1.807, 2.05) is 20.8 Å². The first-order valence-electron chi connectivity index (χ1n) is 6.56. The minimum atomic E-state index is -0.663. The van der Waals surface area contributed by atoms with Crippen LogP contribution in [0, 0.1) is 12.8 Å². The number of nitrogens with one attached hydrogen (secondary N) is 1. The average molecular weight is 298 g/mol. The standard InChI is InChI=1S/C14H22N2O3S/c1-8(2)11(13(18)19-14(4,5)6)16-12(17)10-7-15-9(3)20-10/h7-8,11H,1-6H3,(H,16,17)/t11-/m1/s1. The molecule has 0 aliphatic rings. The molecule has 1 amide bonds. The van der Waals surface area contributed by atoms with E-state index in [4.69, 9.17) is 4.74 Å². The summed E-state index contributed by atoms with van der Waals surface area (Å²) in [5.74, 6) is -0.759. The molecular weight excluding hydrogens is 276 g/mol. The van der Waals surface area contributed by atoms with Gasteiger partial charge in [0.1, 0.15) is 16.5 Å². The minimum Gasteiger partial charge on any atom is -0.458 e. The lowest BCUT2D eigenvalue weighted by molar-refractivity contribution is -0.158. The molecule has 5 nitrogen and oxygen atoms in total. The number of hydrogen-bond donors (Lipinski definition) is 1. The first-order chi connectivity index (χ1) is 9.10. The van der Waals surface area contributed by atoms with E-state index in [1.54, 1.807) is 20.8 Å². The maximum Gasteiger partial charge on any atom is 0.329 e. The van der Waals surface area contributed by atoms with E-state index in [0.717, 1.165) is 5.01 Å². The van der Waals surface area contributed by atoms with Gasteiger partial charge >= 0.3 is 5.97 Å². The van der Waals surface area contributed by atoms with Crippen molar-refractivity contribution in [2.24, 2.45) is 5.92 Å². The van der Waals surface area contributed by atoms with Crippen LogP contribution in [0.25, 0.3) is 0 Å². The lowest BCUT2D eigenvalue weighted by Crippen LogP contribution is -2.47. The smallest absolute Gasteiger partial charge is 0.329 e. The Morgan fingerprint density at radius 1 is 1.35 bits per heavy atom. The molecule has 0 aliphatic carbocycles. The second kappa shape index (κ2) is 6.35. The van der Waals surface area contributed by atoms with Crippen LogP contribution in [0.1, 0.15) is 49.3 Å². The molecule has 20 heavy (non-hydrogen) atoms. The van der Waals surface area contributed by atoms with Crippen LogP contribution in [-0.4, -0.2) is 28.5 Å².